The largest absolute Gasteiger partial charge is 0.423 e. The fraction of sp³-hybridized carbons (Fsp3) is 0.471. The number of hydrogen-bond acceptors (Lipinski definition) is 5. The second kappa shape index (κ2) is 7.07. The summed E-state index contributed by atoms with van der Waals surface area (Å²) in [5.74, 6) is 0. The van der Waals surface area contributed by atoms with Crippen LogP contribution in [-0.2, 0) is 16.6 Å². The molecule has 1 saturated heterocycles. The number of likely N-dealkylation sites (tertiary alicyclic amines) is 1. The van der Waals surface area contributed by atoms with E-state index in [0.29, 0.717) is 17.2 Å². The van der Waals surface area contributed by atoms with Crippen molar-refractivity contribution < 1.29 is 12.8 Å². The first-order valence-corrected chi connectivity index (χ1v) is 10.4. The predicted molar refractivity (Wildman–Crippen MR) is 98.5 cm³/mol. The van der Waals surface area contributed by atoms with Gasteiger partial charge in [-0.1, -0.05) is 11.6 Å². The van der Waals surface area contributed by atoms with Crippen LogP contribution in [0.5, 0.6) is 0 Å². The maximum atomic E-state index is 11.9. The van der Waals surface area contributed by atoms with Crippen LogP contribution in [0.25, 0.3) is 11.0 Å². The molecule has 2 heterocycles. The molecule has 1 aliphatic rings. The lowest BCUT2D eigenvalue weighted by Gasteiger charge is -2.32. The van der Waals surface area contributed by atoms with Gasteiger partial charge in [-0.15, -0.1) is 0 Å². The standard InChI is InChI=1S/C17H21ClN2O4S/c1-11-7-16-14(9-15(11)18)12(8-17(21)24-16)10-20-5-3-13(4-6-20)19-25(2,22)23/h7-9,13,19H,3-6,10H2,1-2H3. The number of aryl methyl sites for hydroxylation is 1. The first-order valence-electron chi connectivity index (χ1n) is 8.14. The summed E-state index contributed by atoms with van der Waals surface area (Å²) in [6.07, 6.45) is 2.67. The van der Waals surface area contributed by atoms with Crippen LogP contribution in [0.2, 0.25) is 5.02 Å². The van der Waals surface area contributed by atoms with E-state index in [1.807, 2.05) is 13.0 Å². The number of nitrogens with zero attached hydrogens (tertiary/aromatic N) is 1. The molecule has 8 heteroatoms. The van der Waals surface area contributed by atoms with Crippen LogP contribution in [0.3, 0.4) is 0 Å². The Kier molecular flexibility index (Phi) is 5.20. The van der Waals surface area contributed by atoms with Gasteiger partial charge in [-0.3, -0.25) is 4.90 Å². The number of hydrogen-bond donors (Lipinski definition) is 1. The highest BCUT2D eigenvalue weighted by Gasteiger charge is 2.22. The Morgan fingerprint density at radius 3 is 2.60 bits per heavy atom. The quantitative estimate of drug-likeness (QED) is 0.818. The Bertz CT molecular complexity index is 947. The van der Waals surface area contributed by atoms with Gasteiger partial charge in [0.1, 0.15) is 5.58 Å². The first kappa shape index (κ1) is 18.4. The molecule has 0 radical (unpaired) electrons. The van der Waals surface area contributed by atoms with Gasteiger partial charge in [0.05, 0.1) is 6.26 Å². The summed E-state index contributed by atoms with van der Waals surface area (Å²) in [6.45, 7) is 3.99. The van der Waals surface area contributed by atoms with E-state index in [4.69, 9.17) is 16.0 Å². The molecule has 136 valence electrons. The van der Waals surface area contributed by atoms with E-state index in [-0.39, 0.29) is 11.7 Å². The monoisotopic (exact) mass is 384 g/mol. The smallest absolute Gasteiger partial charge is 0.336 e. The van der Waals surface area contributed by atoms with Crippen LogP contribution in [0.1, 0.15) is 24.0 Å². The molecule has 0 amide bonds. The fourth-order valence-electron chi connectivity index (χ4n) is 3.23. The highest BCUT2D eigenvalue weighted by Crippen LogP contribution is 2.26. The molecule has 0 bridgehead atoms. The average Bonchev–Trinajstić information content (AvgIpc) is 2.50. The molecule has 1 N–H and O–H groups in total. The number of halogens is 1. The van der Waals surface area contributed by atoms with Crippen LogP contribution >= 0.6 is 11.6 Å². The van der Waals surface area contributed by atoms with Gasteiger partial charge in [-0.25, -0.2) is 17.9 Å². The molecule has 0 saturated carbocycles. The van der Waals surface area contributed by atoms with E-state index >= 15 is 0 Å². The topological polar surface area (TPSA) is 79.6 Å². The molecule has 0 atom stereocenters. The van der Waals surface area contributed by atoms with Crippen LogP contribution in [0.15, 0.2) is 27.4 Å². The van der Waals surface area contributed by atoms with E-state index in [1.54, 1.807) is 6.07 Å². The summed E-state index contributed by atoms with van der Waals surface area (Å²) in [4.78, 5) is 14.1. The third-order valence-electron chi connectivity index (χ3n) is 4.47. The minimum atomic E-state index is -3.18. The van der Waals surface area contributed by atoms with Gasteiger partial charge < -0.3 is 4.42 Å². The fourth-order valence-corrected chi connectivity index (χ4v) is 4.24. The van der Waals surface area contributed by atoms with Crippen LogP contribution in [0, 0.1) is 6.92 Å². The van der Waals surface area contributed by atoms with Crippen LogP contribution in [-0.4, -0.2) is 38.7 Å². The molecule has 25 heavy (non-hydrogen) atoms. The zero-order valence-corrected chi connectivity index (χ0v) is 15.8. The van der Waals surface area contributed by atoms with Crippen LogP contribution < -0.4 is 10.3 Å². The van der Waals surface area contributed by atoms with Gasteiger partial charge in [-0.2, -0.15) is 0 Å². The summed E-state index contributed by atoms with van der Waals surface area (Å²) >= 11 is 6.22. The Hall–Kier alpha value is -1.41. The Balaban J connectivity index is 1.78. The van der Waals surface area contributed by atoms with Gasteiger partial charge in [-0.05, 0) is 43.0 Å². The van der Waals surface area contributed by atoms with E-state index in [2.05, 4.69) is 9.62 Å². The number of benzene rings is 1. The van der Waals surface area contributed by atoms with Crippen molar-refractivity contribution >= 4 is 32.6 Å². The van der Waals surface area contributed by atoms with Crippen molar-refractivity contribution in [2.75, 3.05) is 19.3 Å². The molecule has 2 aromatic rings. The SMILES string of the molecule is Cc1cc2oc(=O)cc(CN3CCC(NS(C)(=O)=O)CC3)c2cc1Cl. The van der Waals surface area contributed by atoms with Crippen molar-refractivity contribution in [3.05, 3.63) is 44.8 Å². The number of nitrogens with one attached hydrogen (secondary N) is 1. The maximum absolute atomic E-state index is 11.9. The Morgan fingerprint density at radius 2 is 1.96 bits per heavy atom. The van der Waals surface area contributed by atoms with Gasteiger partial charge in [0.25, 0.3) is 0 Å². The molecule has 0 spiro atoms. The van der Waals surface area contributed by atoms with E-state index in [0.717, 1.165) is 42.4 Å². The lowest BCUT2D eigenvalue weighted by molar-refractivity contribution is 0.200. The molecule has 3 rings (SSSR count). The van der Waals surface area contributed by atoms with Crippen LogP contribution in [0.4, 0.5) is 0 Å². The Labute approximate surface area is 151 Å². The highest BCUT2D eigenvalue weighted by atomic mass is 35.5. The summed E-state index contributed by atoms with van der Waals surface area (Å²) in [5.41, 5.74) is 1.90. The van der Waals surface area contributed by atoms with Gasteiger partial charge >= 0.3 is 5.63 Å². The first-order chi connectivity index (χ1) is 11.7. The van der Waals surface area contributed by atoms with E-state index < -0.39 is 10.0 Å². The second-order valence-electron chi connectivity index (χ2n) is 6.63. The van der Waals surface area contributed by atoms with Crippen molar-refractivity contribution in [3.8, 4) is 0 Å². The highest BCUT2D eigenvalue weighted by molar-refractivity contribution is 7.88. The van der Waals surface area contributed by atoms with Crippen molar-refractivity contribution in [3.63, 3.8) is 0 Å². The third kappa shape index (κ3) is 4.61. The summed E-state index contributed by atoms with van der Waals surface area (Å²) in [7, 11) is -3.18. The zero-order chi connectivity index (χ0) is 18.2. The molecule has 1 fully saturated rings. The molecule has 6 nitrogen and oxygen atoms in total. The molecule has 0 unspecified atom stereocenters. The third-order valence-corrected chi connectivity index (χ3v) is 5.64. The van der Waals surface area contributed by atoms with Crippen molar-refractivity contribution in [2.45, 2.75) is 32.4 Å². The lowest BCUT2D eigenvalue weighted by atomic mass is 10.0. The van der Waals surface area contributed by atoms with Crippen molar-refractivity contribution in [2.24, 2.45) is 0 Å². The number of piperidine rings is 1. The molecular formula is C17H21ClN2O4S. The minimum Gasteiger partial charge on any atom is -0.423 e. The number of sulfonamides is 1. The molecular weight excluding hydrogens is 364 g/mol. The van der Waals surface area contributed by atoms with E-state index in [9.17, 15) is 13.2 Å². The van der Waals surface area contributed by atoms with Gasteiger partial charge in [0.2, 0.25) is 10.0 Å². The van der Waals surface area contributed by atoms with Crippen molar-refractivity contribution in [1.82, 2.24) is 9.62 Å². The molecule has 1 aromatic carbocycles. The maximum Gasteiger partial charge on any atom is 0.336 e. The van der Waals surface area contributed by atoms with Gasteiger partial charge in [0.15, 0.2) is 0 Å². The molecule has 1 aromatic heterocycles. The Morgan fingerprint density at radius 1 is 1.28 bits per heavy atom. The lowest BCUT2D eigenvalue weighted by Crippen LogP contribution is -2.44. The zero-order valence-electron chi connectivity index (χ0n) is 14.2. The summed E-state index contributed by atoms with van der Waals surface area (Å²) in [5, 5.41) is 1.48. The summed E-state index contributed by atoms with van der Waals surface area (Å²) in [6, 6.07) is 5.10. The molecule has 0 aliphatic carbocycles. The molecule has 1 aliphatic heterocycles. The normalized spacial score (nSPS) is 17.2. The van der Waals surface area contributed by atoms with E-state index in [1.165, 1.54) is 12.3 Å². The average molecular weight is 385 g/mol. The summed E-state index contributed by atoms with van der Waals surface area (Å²) < 4.78 is 30.6. The predicted octanol–water partition coefficient (Wildman–Crippen LogP) is 2.27. The van der Waals surface area contributed by atoms with Crippen molar-refractivity contribution in [1.29, 1.82) is 0 Å². The second-order valence-corrected chi connectivity index (χ2v) is 8.82. The number of fused-ring (bicyclic) bond motifs is 1. The minimum absolute atomic E-state index is 0.0269. The van der Waals surface area contributed by atoms with Gasteiger partial charge in [0, 0.05) is 42.2 Å². The number of rotatable bonds is 4.